The minimum atomic E-state index is 0.00338. The molecular formula is C16H15ClN2O2S2. The maximum atomic E-state index is 12.4. The molecule has 23 heavy (non-hydrogen) atoms. The lowest BCUT2D eigenvalue weighted by Gasteiger charge is -2.15. The number of oxazole rings is 1. The van der Waals surface area contributed by atoms with E-state index in [1.165, 1.54) is 11.3 Å². The summed E-state index contributed by atoms with van der Waals surface area (Å²) in [6.07, 6.45) is 0.232. The number of nitrogens with zero attached hydrogens (tertiary/aromatic N) is 2. The quantitative estimate of drug-likeness (QED) is 0.661. The van der Waals surface area contributed by atoms with Crippen LogP contribution in [0.3, 0.4) is 0 Å². The largest absolute Gasteiger partial charge is 0.440 e. The molecule has 0 unspecified atom stereocenters. The second-order valence-corrected chi connectivity index (χ2v) is 7.88. The fraction of sp³-hybridized carbons (Fsp3) is 0.250. The van der Waals surface area contributed by atoms with Crippen LogP contribution in [0.5, 0.6) is 0 Å². The number of amides is 1. The van der Waals surface area contributed by atoms with Crippen molar-refractivity contribution < 1.29 is 9.21 Å². The summed E-state index contributed by atoms with van der Waals surface area (Å²) in [5.74, 6) is 1.27. The van der Waals surface area contributed by atoms with Gasteiger partial charge in [-0.05, 0) is 30.5 Å². The van der Waals surface area contributed by atoms with Crippen molar-refractivity contribution in [3.8, 4) is 10.8 Å². The Morgan fingerprint density at radius 1 is 1.39 bits per heavy atom. The smallest absolute Gasteiger partial charge is 0.236 e. The molecule has 0 spiro atoms. The number of halogens is 1. The van der Waals surface area contributed by atoms with Crippen LogP contribution in [0.1, 0.15) is 16.3 Å². The van der Waals surface area contributed by atoms with Crippen molar-refractivity contribution in [1.82, 2.24) is 9.88 Å². The van der Waals surface area contributed by atoms with E-state index in [4.69, 9.17) is 16.0 Å². The highest BCUT2D eigenvalue weighted by atomic mass is 35.5. The Hall–Kier alpha value is -1.63. The molecule has 7 heteroatoms. The van der Waals surface area contributed by atoms with Crippen LogP contribution in [-0.2, 0) is 17.8 Å². The topological polar surface area (TPSA) is 46.3 Å². The number of carbonyl (C=O) groups excluding carboxylic acids is 1. The van der Waals surface area contributed by atoms with Crippen molar-refractivity contribution in [2.45, 2.75) is 19.9 Å². The molecule has 0 aliphatic carbocycles. The highest BCUT2D eigenvalue weighted by Crippen LogP contribution is 2.26. The van der Waals surface area contributed by atoms with Gasteiger partial charge in [-0.1, -0.05) is 17.7 Å². The molecule has 0 N–H and O–H groups in total. The van der Waals surface area contributed by atoms with Gasteiger partial charge in [0.25, 0.3) is 0 Å². The van der Waals surface area contributed by atoms with Gasteiger partial charge in [-0.25, -0.2) is 4.98 Å². The summed E-state index contributed by atoms with van der Waals surface area (Å²) in [5, 5.41) is 1.97. The molecule has 3 aromatic rings. The first-order chi connectivity index (χ1) is 11.0. The van der Waals surface area contributed by atoms with E-state index in [2.05, 4.69) is 4.98 Å². The van der Waals surface area contributed by atoms with Crippen molar-refractivity contribution in [3.05, 3.63) is 50.3 Å². The van der Waals surface area contributed by atoms with Gasteiger partial charge in [0.05, 0.1) is 27.9 Å². The normalized spacial score (nSPS) is 10.9. The highest BCUT2D eigenvalue weighted by Gasteiger charge is 2.18. The molecule has 0 saturated carbocycles. The third-order valence-electron chi connectivity index (χ3n) is 3.39. The maximum absolute atomic E-state index is 12.4. The van der Waals surface area contributed by atoms with Crippen LogP contribution in [0, 0.1) is 6.92 Å². The Kier molecular flexibility index (Phi) is 4.84. The monoisotopic (exact) mass is 366 g/mol. The summed E-state index contributed by atoms with van der Waals surface area (Å²) in [4.78, 5) is 20.6. The number of rotatable bonds is 5. The second kappa shape index (κ2) is 6.86. The molecule has 0 saturated heterocycles. The zero-order valence-corrected chi connectivity index (χ0v) is 15.1. The Morgan fingerprint density at radius 2 is 2.22 bits per heavy atom. The molecule has 0 aromatic carbocycles. The van der Waals surface area contributed by atoms with Crippen LogP contribution in [0.15, 0.2) is 34.1 Å². The SMILES string of the molecule is Cc1oc(-c2cccs2)nc1CC(=O)N(C)Cc1ccc(Cl)s1. The van der Waals surface area contributed by atoms with E-state index in [1.54, 1.807) is 23.3 Å². The summed E-state index contributed by atoms with van der Waals surface area (Å²) in [6, 6.07) is 7.68. The molecule has 3 rings (SSSR count). The van der Waals surface area contributed by atoms with Crippen LogP contribution >= 0.6 is 34.3 Å². The van der Waals surface area contributed by atoms with Crippen LogP contribution in [0.2, 0.25) is 4.34 Å². The molecule has 0 atom stereocenters. The Morgan fingerprint density at radius 3 is 2.87 bits per heavy atom. The molecule has 3 heterocycles. The van der Waals surface area contributed by atoms with Crippen molar-refractivity contribution in [2.75, 3.05) is 7.05 Å². The molecule has 3 aromatic heterocycles. The minimum absolute atomic E-state index is 0.00338. The standard InChI is InChI=1S/C16H15ClN2O2S2/c1-10-12(18-16(21-10)13-4-3-7-22-13)8-15(20)19(2)9-11-5-6-14(17)23-11/h3-7H,8-9H2,1-2H3. The van der Waals surface area contributed by atoms with Gasteiger partial charge in [-0.15, -0.1) is 22.7 Å². The lowest BCUT2D eigenvalue weighted by molar-refractivity contribution is -0.129. The third-order valence-corrected chi connectivity index (χ3v) is 5.46. The van der Waals surface area contributed by atoms with Crippen LogP contribution in [0.4, 0.5) is 0 Å². The number of hydrogen-bond acceptors (Lipinski definition) is 5. The fourth-order valence-corrected chi connectivity index (χ4v) is 3.92. The molecule has 0 aliphatic heterocycles. The third kappa shape index (κ3) is 3.83. The van der Waals surface area contributed by atoms with Gasteiger partial charge in [-0.3, -0.25) is 4.79 Å². The fourth-order valence-electron chi connectivity index (χ4n) is 2.13. The lowest BCUT2D eigenvalue weighted by atomic mass is 10.2. The minimum Gasteiger partial charge on any atom is -0.440 e. The van der Waals surface area contributed by atoms with Gasteiger partial charge in [0.15, 0.2) is 0 Å². The number of carbonyl (C=O) groups is 1. The van der Waals surface area contributed by atoms with Gasteiger partial charge in [0.2, 0.25) is 11.8 Å². The molecule has 0 bridgehead atoms. The average molecular weight is 367 g/mol. The van der Waals surface area contributed by atoms with E-state index < -0.39 is 0 Å². The van der Waals surface area contributed by atoms with Crippen LogP contribution < -0.4 is 0 Å². The zero-order valence-electron chi connectivity index (χ0n) is 12.7. The predicted octanol–water partition coefficient (Wildman–Crippen LogP) is 4.63. The zero-order chi connectivity index (χ0) is 16.4. The average Bonchev–Trinajstić information content (AvgIpc) is 3.22. The number of thiophene rings is 2. The first kappa shape index (κ1) is 16.2. The molecule has 0 fully saturated rings. The molecule has 120 valence electrons. The first-order valence-corrected chi connectivity index (χ1v) is 9.08. The molecule has 1 amide bonds. The number of aryl methyl sites for hydroxylation is 1. The summed E-state index contributed by atoms with van der Waals surface area (Å²) in [5.41, 5.74) is 0.689. The van der Waals surface area contributed by atoms with Crippen LogP contribution in [-0.4, -0.2) is 22.8 Å². The van der Waals surface area contributed by atoms with E-state index in [0.717, 1.165) is 14.1 Å². The van der Waals surface area contributed by atoms with Crippen molar-refractivity contribution in [3.63, 3.8) is 0 Å². The number of likely N-dealkylation sites (N-methyl/N-ethyl adjacent to an activating group) is 1. The van der Waals surface area contributed by atoms with Gasteiger partial charge >= 0.3 is 0 Å². The molecule has 4 nitrogen and oxygen atoms in total. The number of aromatic nitrogens is 1. The van der Waals surface area contributed by atoms with E-state index in [0.29, 0.717) is 23.9 Å². The first-order valence-electron chi connectivity index (χ1n) is 7.01. The van der Waals surface area contributed by atoms with Crippen LogP contribution in [0.25, 0.3) is 10.8 Å². The molecule has 0 radical (unpaired) electrons. The van der Waals surface area contributed by atoms with E-state index in [1.807, 2.05) is 36.6 Å². The summed E-state index contributed by atoms with van der Waals surface area (Å²) < 4.78 is 6.40. The van der Waals surface area contributed by atoms with Crippen molar-refractivity contribution in [1.29, 1.82) is 0 Å². The lowest BCUT2D eigenvalue weighted by Crippen LogP contribution is -2.27. The van der Waals surface area contributed by atoms with Gasteiger partial charge in [-0.2, -0.15) is 0 Å². The molecular weight excluding hydrogens is 352 g/mol. The van der Waals surface area contributed by atoms with Gasteiger partial charge in [0, 0.05) is 11.9 Å². The van der Waals surface area contributed by atoms with Gasteiger partial charge < -0.3 is 9.32 Å². The predicted molar refractivity (Wildman–Crippen MR) is 94.1 cm³/mol. The number of hydrogen-bond donors (Lipinski definition) is 0. The molecule has 0 aliphatic rings. The summed E-state index contributed by atoms with van der Waals surface area (Å²) >= 11 is 8.97. The highest BCUT2D eigenvalue weighted by molar-refractivity contribution is 7.16. The summed E-state index contributed by atoms with van der Waals surface area (Å²) in [6.45, 7) is 2.39. The summed E-state index contributed by atoms with van der Waals surface area (Å²) in [7, 11) is 1.78. The Bertz CT molecular complexity index is 808. The van der Waals surface area contributed by atoms with E-state index >= 15 is 0 Å². The Labute approximate surface area is 147 Å². The van der Waals surface area contributed by atoms with E-state index in [-0.39, 0.29) is 12.3 Å². The Balaban J connectivity index is 1.67. The maximum Gasteiger partial charge on any atom is 0.236 e. The second-order valence-electron chi connectivity index (χ2n) is 5.13. The van der Waals surface area contributed by atoms with E-state index in [9.17, 15) is 4.79 Å². The van der Waals surface area contributed by atoms with Crippen molar-refractivity contribution in [2.24, 2.45) is 0 Å². The van der Waals surface area contributed by atoms with Crippen molar-refractivity contribution >= 4 is 40.2 Å². The van der Waals surface area contributed by atoms with Gasteiger partial charge in [0.1, 0.15) is 5.76 Å².